The third-order valence-corrected chi connectivity index (χ3v) is 6.44. The molecule has 7 nitrogen and oxygen atoms in total. The van der Waals surface area contributed by atoms with E-state index in [4.69, 9.17) is 14.2 Å². The Morgan fingerprint density at radius 3 is 2.69 bits per heavy atom. The zero-order chi connectivity index (χ0) is 21.0. The summed E-state index contributed by atoms with van der Waals surface area (Å²) in [5, 5.41) is 0. The van der Waals surface area contributed by atoms with Crippen LogP contribution in [-0.4, -0.2) is 41.1 Å². The molecule has 0 spiro atoms. The molecule has 5 atom stereocenters. The second-order valence-electron chi connectivity index (χ2n) is 8.70. The van der Waals surface area contributed by atoms with Gasteiger partial charge in [0.1, 0.15) is 11.8 Å². The van der Waals surface area contributed by atoms with Crippen molar-refractivity contribution in [1.82, 2.24) is 9.55 Å². The van der Waals surface area contributed by atoms with Crippen LogP contribution in [0.4, 0.5) is 0 Å². The van der Waals surface area contributed by atoms with Gasteiger partial charge in [-0.1, -0.05) is 33.6 Å². The van der Waals surface area contributed by atoms with Crippen molar-refractivity contribution in [2.24, 2.45) is 11.8 Å². The predicted octanol–water partition coefficient (Wildman–Crippen LogP) is 3.16. The minimum atomic E-state index is -0.549. The van der Waals surface area contributed by atoms with E-state index < -0.39 is 17.5 Å². The molecule has 2 heterocycles. The highest BCUT2D eigenvalue weighted by atomic mass is 16.6. The van der Waals surface area contributed by atoms with Crippen molar-refractivity contribution in [3.63, 3.8) is 0 Å². The number of aromatic amines is 1. The van der Waals surface area contributed by atoms with Gasteiger partial charge >= 0.3 is 5.69 Å². The molecule has 1 aliphatic carbocycles. The van der Waals surface area contributed by atoms with Crippen molar-refractivity contribution < 1.29 is 14.2 Å². The number of ether oxygens (including phenoxy) is 3. The molecule has 2 bridgehead atoms. The maximum absolute atomic E-state index is 12.6. The molecule has 1 saturated heterocycles. The van der Waals surface area contributed by atoms with Crippen LogP contribution in [0.25, 0.3) is 0 Å². The fraction of sp³-hybridized carbons (Fsp3) is 0.818. The first-order valence-corrected chi connectivity index (χ1v) is 11.1. The van der Waals surface area contributed by atoms with Crippen LogP contribution in [0.2, 0.25) is 0 Å². The van der Waals surface area contributed by atoms with Gasteiger partial charge in [0.25, 0.3) is 5.56 Å². The van der Waals surface area contributed by atoms with Crippen LogP contribution in [0.1, 0.15) is 71.1 Å². The number of nitrogens with one attached hydrogen (secondary N) is 1. The van der Waals surface area contributed by atoms with Crippen LogP contribution >= 0.6 is 0 Å². The molecule has 164 valence electrons. The first-order chi connectivity index (χ1) is 13.9. The molecule has 1 saturated carbocycles. The lowest BCUT2D eigenvalue weighted by molar-refractivity contribution is -0.160. The molecule has 1 aromatic rings. The van der Waals surface area contributed by atoms with Crippen LogP contribution in [0.3, 0.4) is 0 Å². The number of aryl methyl sites for hydroxylation is 1. The molecule has 1 N–H and O–H groups in total. The summed E-state index contributed by atoms with van der Waals surface area (Å²) in [6, 6.07) is 0. The van der Waals surface area contributed by atoms with Gasteiger partial charge in [-0.15, -0.1) is 0 Å². The molecule has 7 heteroatoms. The van der Waals surface area contributed by atoms with E-state index in [9.17, 15) is 9.59 Å². The SMILES string of the molecule is CCCCOC[C@@]12CC[C@@H](C)C(C1OCCCC)[C@H](n1cc(C)c(=O)[nH]c1=O)O2. The van der Waals surface area contributed by atoms with Crippen molar-refractivity contribution >= 4 is 0 Å². The second-order valence-corrected chi connectivity index (χ2v) is 8.70. The Hall–Kier alpha value is -1.44. The molecule has 0 radical (unpaired) electrons. The third-order valence-electron chi connectivity index (χ3n) is 6.44. The lowest BCUT2D eigenvalue weighted by Gasteiger charge is -2.41. The van der Waals surface area contributed by atoms with E-state index in [0.29, 0.717) is 31.3 Å². The minimum Gasteiger partial charge on any atom is -0.378 e. The highest BCUT2D eigenvalue weighted by molar-refractivity contribution is 5.09. The van der Waals surface area contributed by atoms with Crippen molar-refractivity contribution in [1.29, 1.82) is 0 Å². The number of hydrogen-bond donors (Lipinski definition) is 1. The molecule has 3 rings (SSSR count). The predicted molar refractivity (Wildman–Crippen MR) is 111 cm³/mol. The average Bonchev–Trinajstić information content (AvgIpc) is 2.92. The smallest absolute Gasteiger partial charge is 0.330 e. The van der Waals surface area contributed by atoms with E-state index in [1.165, 1.54) is 0 Å². The number of fused-ring (bicyclic) bond motifs is 2. The summed E-state index contributed by atoms with van der Waals surface area (Å²) in [6.45, 7) is 10.0. The van der Waals surface area contributed by atoms with E-state index in [-0.39, 0.29) is 17.6 Å². The summed E-state index contributed by atoms with van der Waals surface area (Å²) < 4.78 is 20.6. The number of unbranched alkanes of at least 4 members (excludes halogenated alkanes) is 2. The molecule has 29 heavy (non-hydrogen) atoms. The quantitative estimate of drug-likeness (QED) is 0.602. The van der Waals surface area contributed by atoms with E-state index in [2.05, 4.69) is 25.8 Å². The van der Waals surface area contributed by atoms with E-state index in [1.807, 2.05) is 0 Å². The van der Waals surface area contributed by atoms with Gasteiger partial charge < -0.3 is 14.2 Å². The second kappa shape index (κ2) is 9.58. The number of H-pyrrole nitrogens is 1. The number of hydrogen-bond acceptors (Lipinski definition) is 5. The van der Waals surface area contributed by atoms with Gasteiger partial charge in [0.05, 0.1) is 12.7 Å². The Morgan fingerprint density at radius 2 is 1.97 bits per heavy atom. The Morgan fingerprint density at radius 1 is 1.24 bits per heavy atom. The third kappa shape index (κ3) is 4.52. The van der Waals surface area contributed by atoms with Crippen LogP contribution < -0.4 is 11.2 Å². The molecule has 0 amide bonds. The van der Waals surface area contributed by atoms with Crippen molar-refractivity contribution in [3.8, 4) is 0 Å². The summed E-state index contributed by atoms with van der Waals surface area (Å²) in [5.41, 5.74) is -0.834. The normalized spacial score (nSPS) is 31.3. The van der Waals surface area contributed by atoms with E-state index in [0.717, 1.165) is 38.5 Å². The summed E-state index contributed by atoms with van der Waals surface area (Å²) >= 11 is 0. The van der Waals surface area contributed by atoms with Gasteiger partial charge in [-0.3, -0.25) is 14.3 Å². The summed E-state index contributed by atoms with van der Waals surface area (Å²) in [4.78, 5) is 26.9. The fourth-order valence-corrected chi connectivity index (χ4v) is 4.65. The fourth-order valence-electron chi connectivity index (χ4n) is 4.65. The maximum Gasteiger partial charge on any atom is 0.330 e. The molecule has 1 aromatic heterocycles. The van der Waals surface area contributed by atoms with Gasteiger partial charge in [-0.2, -0.15) is 0 Å². The van der Waals surface area contributed by atoms with Crippen LogP contribution in [0, 0.1) is 18.8 Å². The van der Waals surface area contributed by atoms with Crippen molar-refractivity contribution in [2.75, 3.05) is 19.8 Å². The monoisotopic (exact) mass is 408 g/mol. The van der Waals surface area contributed by atoms with Crippen molar-refractivity contribution in [3.05, 3.63) is 32.6 Å². The molecule has 1 aliphatic heterocycles. The first-order valence-electron chi connectivity index (χ1n) is 11.1. The summed E-state index contributed by atoms with van der Waals surface area (Å²) in [5.74, 6) is 0.385. The van der Waals surface area contributed by atoms with Crippen LogP contribution in [0.15, 0.2) is 15.8 Å². The maximum atomic E-state index is 12.6. The van der Waals surface area contributed by atoms with Gasteiger partial charge in [-0.05, 0) is 38.5 Å². The first kappa shape index (κ1) is 22.2. The Bertz CT molecular complexity index is 788. The zero-order valence-electron chi connectivity index (χ0n) is 18.2. The lowest BCUT2D eigenvalue weighted by atomic mass is 9.72. The largest absolute Gasteiger partial charge is 0.378 e. The molecule has 2 fully saturated rings. The molecule has 2 aliphatic rings. The topological polar surface area (TPSA) is 82.5 Å². The Labute approximate surface area is 172 Å². The molecule has 2 unspecified atom stereocenters. The van der Waals surface area contributed by atoms with Gasteiger partial charge in [0.2, 0.25) is 0 Å². The zero-order valence-corrected chi connectivity index (χ0v) is 18.2. The standard InChI is InChI=1S/C22H36N2O5/c1-5-7-11-27-14-22-10-9-15(3)17(18(22)28-12-8-6-2)20(29-22)24-13-16(4)19(25)23-21(24)26/h13,15,17-18,20H,5-12,14H2,1-4H3,(H,23,25,26)/t15-,17?,18?,20-,22+/m1/s1. The van der Waals surface area contributed by atoms with Crippen molar-refractivity contribution in [2.45, 2.75) is 84.2 Å². The molecular weight excluding hydrogens is 372 g/mol. The average molecular weight is 409 g/mol. The number of nitrogens with zero attached hydrogens (tertiary/aromatic N) is 1. The van der Waals surface area contributed by atoms with Crippen LogP contribution in [-0.2, 0) is 14.2 Å². The summed E-state index contributed by atoms with van der Waals surface area (Å²) in [6.07, 6.45) is 7.04. The molecule has 0 aromatic carbocycles. The van der Waals surface area contributed by atoms with Crippen LogP contribution in [0.5, 0.6) is 0 Å². The molecular formula is C22H36N2O5. The van der Waals surface area contributed by atoms with Gasteiger partial charge in [-0.25, -0.2) is 4.79 Å². The number of aromatic nitrogens is 2. The number of rotatable bonds is 10. The highest BCUT2D eigenvalue weighted by Crippen LogP contribution is 2.53. The Kier molecular flexibility index (Phi) is 7.35. The van der Waals surface area contributed by atoms with Gasteiger partial charge in [0.15, 0.2) is 0 Å². The van der Waals surface area contributed by atoms with E-state index >= 15 is 0 Å². The van der Waals surface area contributed by atoms with Gasteiger partial charge in [0, 0.05) is 30.9 Å². The summed E-state index contributed by atoms with van der Waals surface area (Å²) in [7, 11) is 0. The van der Waals surface area contributed by atoms with E-state index in [1.54, 1.807) is 17.7 Å². The minimum absolute atomic E-state index is 0.0402. The highest BCUT2D eigenvalue weighted by Gasteiger charge is 2.61. The Balaban J connectivity index is 1.93. The lowest BCUT2D eigenvalue weighted by Crippen LogP contribution is -2.51.